The molecule has 2 aliphatic carbocycles. The van der Waals surface area contributed by atoms with Crippen LogP contribution in [-0.2, 0) is 26.2 Å². The minimum Gasteiger partial charge on any atom is -0.309 e. The van der Waals surface area contributed by atoms with Crippen molar-refractivity contribution in [1.82, 2.24) is 15.5 Å². The lowest BCUT2D eigenvalue weighted by molar-refractivity contribution is 0.319. The molecule has 2 fully saturated rings. The maximum absolute atomic E-state index is 13.5. The van der Waals surface area contributed by atoms with E-state index in [1.165, 1.54) is 46.5 Å². The number of halogens is 4. The Balaban J connectivity index is 0.907. The summed E-state index contributed by atoms with van der Waals surface area (Å²) in [5.41, 5.74) is 6.59. The zero-order valence-electron chi connectivity index (χ0n) is 23.6. The van der Waals surface area contributed by atoms with Crippen molar-refractivity contribution in [3.05, 3.63) is 142 Å². The van der Waals surface area contributed by atoms with Gasteiger partial charge in [0.1, 0.15) is 0 Å². The van der Waals surface area contributed by atoms with Gasteiger partial charge in [-0.05, 0) is 77.5 Å². The largest absolute Gasteiger partial charge is 0.309 e. The zero-order valence-corrected chi connectivity index (χ0v) is 23.6. The van der Waals surface area contributed by atoms with Gasteiger partial charge in [0, 0.05) is 50.1 Å². The lowest BCUT2D eigenvalue weighted by Crippen LogP contribution is -2.19. The van der Waals surface area contributed by atoms with Gasteiger partial charge in [-0.15, -0.1) is 0 Å². The molecule has 0 unspecified atom stereocenters. The van der Waals surface area contributed by atoms with E-state index in [0.717, 1.165) is 50.1 Å². The second-order valence-electron chi connectivity index (χ2n) is 11.8. The first-order chi connectivity index (χ1) is 20.3. The van der Waals surface area contributed by atoms with Crippen molar-refractivity contribution in [2.45, 2.75) is 62.9 Å². The fourth-order valence-corrected chi connectivity index (χ4v) is 5.77. The Bertz CT molecular complexity index is 1410. The summed E-state index contributed by atoms with van der Waals surface area (Å²) in [6, 6.07) is 26.2. The molecule has 4 aromatic rings. The second-order valence-corrected chi connectivity index (χ2v) is 11.8. The molecular weight excluding hydrogens is 538 g/mol. The third-order valence-corrected chi connectivity index (χ3v) is 8.41. The summed E-state index contributed by atoms with van der Waals surface area (Å²) in [6.45, 7) is 3.17. The van der Waals surface area contributed by atoms with Gasteiger partial charge in [-0.3, -0.25) is 4.90 Å². The highest BCUT2D eigenvalue weighted by atomic mass is 19.2. The van der Waals surface area contributed by atoms with Crippen molar-refractivity contribution >= 4 is 0 Å². The molecule has 218 valence electrons. The van der Waals surface area contributed by atoms with Crippen molar-refractivity contribution < 1.29 is 17.6 Å². The Morgan fingerprint density at radius 1 is 0.548 bits per heavy atom. The van der Waals surface area contributed by atoms with Crippen LogP contribution in [0.4, 0.5) is 17.6 Å². The first kappa shape index (κ1) is 28.6. The molecule has 4 aromatic carbocycles. The number of nitrogens with one attached hydrogen (secondary N) is 2. The first-order valence-corrected chi connectivity index (χ1v) is 14.5. The van der Waals surface area contributed by atoms with E-state index < -0.39 is 23.3 Å². The molecule has 0 bridgehead atoms. The molecule has 0 spiro atoms. The first-order valence-electron chi connectivity index (χ1n) is 14.5. The lowest BCUT2D eigenvalue weighted by atomic mass is 10.1. The van der Waals surface area contributed by atoms with Gasteiger partial charge in [0.2, 0.25) is 0 Å². The Morgan fingerprint density at radius 2 is 0.929 bits per heavy atom. The van der Waals surface area contributed by atoms with Crippen molar-refractivity contribution in [1.29, 1.82) is 0 Å². The highest BCUT2D eigenvalue weighted by Crippen LogP contribution is 2.42. The minimum absolute atomic E-state index is 0.240. The van der Waals surface area contributed by atoms with Gasteiger partial charge < -0.3 is 10.6 Å². The Kier molecular flexibility index (Phi) is 8.43. The summed E-state index contributed by atoms with van der Waals surface area (Å²) < 4.78 is 53.4. The third-order valence-electron chi connectivity index (χ3n) is 8.41. The van der Waals surface area contributed by atoms with Crippen LogP contribution in [0.1, 0.15) is 58.1 Å². The van der Waals surface area contributed by atoms with E-state index in [1.807, 2.05) is 0 Å². The molecule has 0 amide bonds. The van der Waals surface area contributed by atoms with E-state index in [4.69, 9.17) is 0 Å². The van der Waals surface area contributed by atoms with Crippen LogP contribution in [0.15, 0.2) is 84.9 Å². The van der Waals surface area contributed by atoms with Crippen molar-refractivity contribution in [2.75, 3.05) is 7.05 Å². The molecule has 6 rings (SSSR count). The summed E-state index contributed by atoms with van der Waals surface area (Å²) in [5.74, 6) is -2.69. The fourth-order valence-electron chi connectivity index (χ4n) is 5.77. The second kappa shape index (κ2) is 12.4. The molecule has 0 saturated heterocycles. The summed E-state index contributed by atoms with van der Waals surface area (Å²) in [6.07, 6.45) is 1.87. The maximum Gasteiger partial charge on any atom is 0.159 e. The highest BCUT2D eigenvalue weighted by Gasteiger charge is 2.39. The van der Waals surface area contributed by atoms with Gasteiger partial charge in [-0.25, -0.2) is 17.6 Å². The monoisotopic (exact) mass is 573 g/mol. The molecule has 2 aliphatic rings. The van der Waals surface area contributed by atoms with Gasteiger partial charge in [0.15, 0.2) is 23.3 Å². The lowest BCUT2D eigenvalue weighted by Gasteiger charge is -2.17. The van der Waals surface area contributed by atoms with Crippen LogP contribution < -0.4 is 10.6 Å². The van der Waals surface area contributed by atoms with Gasteiger partial charge in [0.05, 0.1) is 0 Å². The van der Waals surface area contributed by atoms with Crippen LogP contribution in [-0.4, -0.2) is 24.0 Å². The van der Waals surface area contributed by atoms with Gasteiger partial charge in [-0.2, -0.15) is 0 Å². The average molecular weight is 574 g/mol. The molecule has 3 nitrogen and oxygen atoms in total. The van der Waals surface area contributed by atoms with Gasteiger partial charge in [-0.1, -0.05) is 60.7 Å². The Hall–Kier alpha value is -3.52. The van der Waals surface area contributed by atoms with Gasteiger partial charge in [0.25, 0.3) is 0 Å². The van der Waals surface area contributed by atoms with Crippen LogP contribution in [0.3, 0.4) is 0 Å². The summed E-state index contributed by atoms with van der Waals surface area (Å²) in [7, 11) is 2.11. The number of benzene rings is 4. The minimum atomic E-state index is -0.801. The van der Waals surface area contributed by atoms with E-state index in [1.54, 1.807) is 12.1 Å². The molecular formula is C35H35F4N3. The fraction of sp³-hybridized carbons (Fsp3) is 0.314. The molecule has 0 aliphatic heterocycles. The van der Waals surface area contributed by atoms with E-state index in [2.05, 4.69) is 71.1 Å². The van der Waals surface area contributed by atoms with Crippen LogP contribution in [0.5, 0.6) is 0 Å². The molecule has 0 heterocycles. The summed E-state index contributed by atoms with van der Waals surface area (Å²) in [5, 5.41) is 7.06. The topological polar surface area (TPSA) is 27.3 Å². The van der Waals surface area contributed by atoms with E-state index >= 15 is 0 Å². The third kappa shape index (κ3) is 7.09. The molecule has 0 aromatic heterocycles. The molecule has 2 N–H and O–H groups in total. The maximum atomic E-state index is 13.5. The Morgan fingerprint density at radius 3 is 1.31 bits per heavy atom. The van der Waals surface area contributed by atoms with Crippen molar-refractivity contribution in [3.63, 3.8) is 0 Å². The van der Waals surface area contributed by atoms with E-state index in [-0.39, 0.29) is 11.8 Å². The smallest absolute Gasteiger partial charge is 0.159 e. The zero-order chi connectivity index (χ0) is 29.2. The van der Waals surface area contributed by atoms with Crippen LogP contribution in [0.25, 0.3) is 0 Å². The van der Waals surface area contributed by atoms with Gasteiger partial charge >= 0.3 is 0 Å². The predicted octanol–water partition coefficient (Wildman–Crippen LogP) is 7.17. The van der Waals surface area contributed by atoms with Crippen LogP contribution in [0.2, 0.25) is 0 Å². The normalized spacial score (nSPS) is 21.1. The number of hydrogen-bond acceptors (Lipinski definition) is 3. The van der Waals surface area contributed by atoms with E-state index in [0.29, 0.717) is 12.1 Å². The SMILES string of the molecule is CN(Cc1ccc(CN[C@H]2C[C@@H]2c2ccc(F)c(F)c2)cc1)Cc1ccc(CN[C@@H]2C[C@H]2c2ccc(F)c(F)c2)cc1. The quantitative estimate of drug-likeness (QED) is 0.176. The van der Waals surface area contributed by atoms with E-state index in [9.17, 15) is 17.6 Å². The van der Waals surface area contributed by atoms with Crippen LogP contribution >= 0.6 is 0 Å². The molecule has 4 atom stereocenters. The Labute approximate surface area is 244 Å². The average Bonchev–Trinajstić information content (AvgIpc) is 3.91. The standard InChI is InChI=1S/C35H35F4N3/c1-42(20-24-6-2-22(3-7-24)18-40-34-16-28(34)26-10-12-30(36)32(38)14-26)21-25-8-4-23(5-9-25)19-41-35-17-29(35)27-11-13-31(37)33(39)15-27/h2-15,28-29,34-35,40-41H,16-21H2,1H3/t28-,29+,34+,35-. The molecule has 7 heteroatoms. The molecule has 2 saturated carbocycles. The van der Waals surface area contributed by atoms with Crippen LogP contribution in [0, 0.1) is 23.3 Å². The summed E-state index contributed by atoms with van der Waals surface area (Å²) in [4.78, 5) is 2.29. The van der Waals surface area contributed by atoms with Crippen molar-refractivity contribution in [2.24, 2.45) is 0 Å². The summed E-state index contributed by atoms with van der Waals surface area (Å²) >= 11 is 0. The number of hydrogen-bond donors (Lipinski definition) is 2. The highest BCUT2D eigenvalue weighted by molar-refractivity contribution is 5.31. The molecule has 0 radical (unpaired) electrons. The predicted molar refractivity (Wildman–Crippen MR) is 157 cm³/mol. The number of rotatable bonds is 12. The molecule has 42 heavy (non-hydrogen) atoms. The van der Waals surface area contributed by atoms with Crippen molar-refractivity contribution in [3.8, 4) is 0 Å². The number of nitrogens with zero attached hydrogens (tertiary/aromatic N) is 1.